The summed E-state index contributed by atoms with van der Waals surface area (Å²) in [5.74, 6) is 1.42. The number of rotatable bonds is 1. The zero-order valence-electron chi connectivity index (χ0n) is 6.82. The van der Waals surface area contributed by atoms with E-state index in [1.807, 2.05) is 23.6 Å². The lowest BCUT2D eigenvalue weighted by atomic mass is 10.3. The van der Waals surface area contributed by atoms with E-state index >= 15 is 0 Å². The Morgan fingerprint density at radius 3 is 3.00 bits per heavy atom. The second-order valence-electron chi connectivity index (χ2n) is 2.47. The van der Waals surface area contributed by atoms with Crippen molar-refractivity contribution in [2.24, 2.45) is 0 Å². The van der Waals surface area contributed by atoms with E-state index in [4.69, 9.17) is 14.7 Å². The number of hydrogen-bond donors (Lipinski definition) is 0. The van der Waals surface area contributed by atoms with E-state index < -0.39 is 0 Å². The maximum Gasteiger partial charge on any atom is 0.175 e. The van der Waals surface area contributed by atoms with Crippen molar-refractivity contribution in [1.29, 1.82) is 5.26 Å². The fourth-order valence-electron chi connectivity index (χ4n) is 1.18. The van der Waals surface area contributed by atoms with Gasteiger partial charge in [-0.1, -0.05) is 6.07 Å². The molecule has 4 heteroatoms. The summed E-state index contributed by atoms with van der Waals surface area (Å²) >= 11 is 1.09. The summed E-state index contributed by atoms with van der Waals surface area (Å²) in [5.41, 5.74) is 0. The molecule has 66 valence electrons. The zero-order chi connectivity index (χ0) is 9.10. The zero-order valence-corrected chi connectivity index (χ0v) is 7.63. The Balaban J connectivity index is 2.41. The van der Waals surface area contributed by atoms with Crippen LogP contribution in [0.25, 0.3) is 0 Å². The molecule has 1 aromatic rings. The normalized spacial score (nSPS) is 13.5. The van der Waals surface area contributed by atoms with E-state index in [-0.39, 0.29) is 0 Å². The second kappa shape index (κ2) is 3.58. The molecule has 0 saturated carbocycles. The summed E-state index contributed by atoms with van der Waals surface area (Å²) in [6.07, 6.45) is 0. The highest BCUT2D eigenvalue weighted by Crippen LogP contribution is 2.38. The molecule has 1 aliphatic heterocycles. The number of nitrogens with zero attached hydrogens (tertiary/aromatic N) is 1. The highest BCUT2D eigenvalue weighted by Gasteiger charge is 2.15. The SMILES string of the molecule is N#CSc1cccc2c1OCCO2. The first kappa shape index (κ1) is 8.27. The van der Waals surface area contributed by atoms with Crippen molar-refractivity contribution in [3.8, 4) is 16.9 Å². The number of benzene rings is 1. The molecule has 2 rings (SSSR count). The third-order valence-electron chi connectivity index (χ3n) is 1.69. The van der Waals surface area contributed by atoms with Crippen LogP contribution in [0.1, 0.15) is 0 Å². The van der Waals surface area contributed by atoms with Crippen molar-refractivity contribution in [2.45, 2.75) is 4.90 Å². The van der Waals surface area contributed by atoms with Gasteiger partial charge in [0.25, 0.3) is 0 Å². The molecule has 1 aromatic carbocycles. The van der Waals surface area contributed by atoms with Crippen LogP contribution >= 0.6 is 11.8 Å². The fraction of sp³-hybridized carbons (Fsp3) is 0.222. The first-order valence-electron chi connectivity index (χ1n) is 3.86. The van der Waals surface area contributed by atoms with E-state index in [2.05, 4.69) is 0 Å². The number of ether oxygens (including phenoxy) is 2. The molecule has 13 heavy (non-hydrogen) atoms. The maximum absolute atomic E-state index is 8.54. The van der Waals surface area contributed by atoms with E-state index in [0.717, 1.165) is 22.4 Å². The van der Waals surface area contributed by atoms with E-state index in [0.29, 0.717) is 19.0 Å². The molecule has 0 bridgehead atoms. The maximum atomic E-state index is 8.54. The van der Waals surface area contributed by atoms with Crippen LogP contribution in [0, 0.1) is 10.7 Å². The minimum atomic E-state index is 0.552. The quantitative estimate of drug-likeness (QED) is 0.505. The Morgan fingerprint density at radius 2 is 2.15 bits per heavy atom. The Hall–Kier alpha value is -1.34. The molecular formula is C9H7NO2S. The van der Waals surface area contributed by atoms with Crippen molar-refractivity contribution >= 4 is 11.8 Å². The molecular weight excluding hydrogens is 186 g/mol. The molecule has 0 saturated heterocycles. The van der Waals surface area contributed by atoms with Gasteiger partial charge < -0.3 is 9.47 Å². The number of thioether (sulfide) groups is 1. The van der Waals surface area contributed by atoms with Crippen LogP contribution in [0.5, 0.6) is 11.5 Å². The number of para-hydroxylation sites is 1. The summed E-state index contributed by atoms with van der Waals surface area (Å²) in [6, 6.07) is 5.55. The Morgan fingerprint density at radius 1 is 1.31 bits per heavy atom. The summed E-state index contributed by atoms with van der Waals surface area (Å²) in [6.45, 7) is 1.13. The molecule has 0 N–H and O–H groups in total. The minimum absolute atomic E-state index is 0.552. The third-order valence-corrected chi connectivity index (χ3v) is 2.32. The first-order valence-corrected chi connectivity index (χ1v) is 4.68. The molecule has 0 amide bonds. The lowest BCUT2D eigenvalue weighted by Crippen LogP contribution is -2.15. The van der Waals surface area contributed by atoms with Gasteiger partial charge in [-0.05, 0) is 23.9 Å². The smallest absolute Gasteiger partial charge is 0.175 e. The van der Waals surface area contributed by atoms with E-state index in [1.165, 1.54) is 0 Å². The van der Waals surface area contributed by atoms with Crippen LogP contribution < -0.4 is 9.47 Å². The van der Waals surface area contributed by atoms with Gasteiger partial charge in [-0.25, -0.2) is 0 Å². The topological polar surface area (TPSA) is 42.2 Å². The highest BCUT2D eigenvalue weighted by molar-refractivity contribution is 8.03. The molecule has 0 atom stereocenters. The monoisotopic (exact) mass is 193 g/mol. The van der Waals surface area contributed by atoms with Gasteiger partial charge in [-0.3, -0.25) is 0 Å². The van der Waals surface area contributed by atoms with Crippen molar-refractivity contribution in [3.63, 3.8) is 0 Å². The van der Waals surface area contributed by atoms with Crippen molar-refractivity contribution in [1.82, 2.24) is 0 Å². The van der Waals surface area contributed by atoms with Crippen LogP contribution in [0.4, 0.5) is 0 Å². The summed E-state index contributed by atoms with van der Waals surface area (Å²) < 4.78 is 10.8. The van der Waals surface area contributed by atoms with E-state index in [9.17, 15) is 0 Å². The molecule has 0 radical (unpaired) electrons. The Bertz CT molecular complexity index is 359. The lowest BCUT2D eigenvalue weighted by Gasteiger charge is -2.19. The van der Waals surface area contributed by atoms with Gasteiger partial charge in [-0.15, -0.1) is 0 Å². The molecule has 0 aromatic heterocycles. The molecule has 0 spiro atoms. The van der Waals surface area contributed by atoms with E-state index in [1.54, 1.807) is 0 Å². The van der Waals surface area contributed by atoms with Gasteiger partial charge in [-0.2, -0.15) is 5.26 Å². The van der Waals surface area contributed by atoms with Crippen LogP contribution in [-0.2, 0) is 0 Å². The Labute approximate surface area is 80.3 Å². The number of nitriles is 1. The highest BCUT2D eigenvalue weighted by atomic mass is 32.2. The number of fused-ring (bicyclic) bond motifs is 1. The molecule has 0 fully saturated rings. The van der Waals surface area contributed by atoms with Crippen molar-refractivity contribution in [2.75, 3.05) is 13.2 Å². The average Bonchev–Trinajstić information content (AvgIpc) is 2.19. The molecule has 0 unspecified atom stereocenters. The molecule has 1 aliphatic rings. The molecule has 0 aliphatic carbocycles. The predicted molar refractivity (Wildman–Crippen MR) is 48.9 cm³/mol. The minimum Gasteiger partial charge on any atom is -0.486 e. The van der Waals surface area contributed by atoms with Crippen molar-refractivity contribution < 1.29 is 9.47 Å². The van der Waals surface area contributed by atoms with Crippen LogP contribution in [-0.4, -0.2) is 13.2 Å². The van der Waals surface area contributed by atoms with Gasteiger partial charge in [0.2, 0.25) is 0 Å². The summed E-state index contributed by atoms with van der Waals surface area (Å²) in [4.78, 5) is 0.819. The van der Waals surface area contributed by atoms with Gasteiger partial charge >= 0.3 is 0 Å². The van der Waals surface area contributed by atoms with Gasteiger partial charge in [0, 0.05) is 0 Å². The van der Waals surface area contributed by atoms with Gasteiger partial charge in [0.1, 0.15) is 18.6 Å². The summed E-state index contributed by atoms with van der Waals surface area (Å²) in [5, 5.41) is 10.6. The summed E-state index contributed by atoms with van der Waals surface area (Å²) in [7, 11) is 0. The average molecular weight is 193 g/mol. The molecule has 1 heterocycles. The second-order valence-corrected chi connectivity index (χ2v) is 3.30. The standard InChI is InChI=1S/C9H7NO2S/c10-6-13-8-3-1-2-7-9(8)12-5-4-11-7/h1-3H,4-5H2. The predicted octanol–water partition coefficient (Wildman–Crippen LogP) is 2.03. The van der Waals surface area contributed by atoms with Crippen LogP contribution in [0.3, 0.4) is 0 Å². The third kappa shape index (κ3) is 1.56. The Kier molecular flexibility index (Phi) is 2.28. The van der Waals surface area contributed by atoms with Gasteiger partial charge in [0.05, 0.1) is 4.90 Å². The first-order chi connectivity index (χ1) is 6.42. The largest absolute Gasteiger partial charge is 0.486 e. The van der Waals surface area contributed by atoms with Crippen LogP contribution in [0.15, 0.2) is 23.1 Å². The molecule has 3 nitrogen and oxygen atoms in total. The van der Waals surface area contributed by atoms with Gasteiger partial charge in [0.15, 0.2) is 11.5 Å². The number of thiocyanates is 1. The van der Waals surface area contributed by atoms with Crippen LogP contribution in [0.2, 0.25) is 0 Å². The fourth-order valence-corrected chi connectivity index (χ4v) is 1.67. The van der Waals surface area contributed by atoms with Crippen molar-refractivity contribution in [3.05, 3.63) is 18.2 Å². The lowest BCUT2D eigenvalue weighted by molar-refractivity contribution is 0.167. The number of hydrogen-bond acceptors (Lipinski definition) is 4.